The smallest absolute Gasteiger partial charge is 0.252 e. The van der Waals surface area contributed by atoms with E-state index in [2.05, 4.69) is 21.2 Å². The summed E-state index contributed by atoms with van der Waals surface area (Å²) >= 11 is 3.35. The molecule has 0 radical (unpaired) electrons. The lowest BCUT2D eigenvalue weighted by atomic mass is 10.1. The van der Waals surface area contributed by atoms with Gasteiger partial charge in [0.15, 0.2) is 0 Å². The van der Waals surface area contributed by atoms with Gasteiger partial charge in [-0.1, -0.05) is 0 Å². The molecule has 1 rings (SSSR count). The molecule has 1 unspecified atom stereocenters. The highest BCUT2D eigenvalue weighted by Crippen LogP contribution is 2.22. The third-order valence-electron chi connectivity index (χ3n) is 2.59. The van der Waals surface area contributed by atoms with Crippen molar-refractivity contribution in [3.63, 3.8) is 0 Å². The predicted octanol–water partition coefficient (Wildman–Crippen LogP) is 2.35. The van der Waals surface area contributed by atoms with Crippen molar-refractivity contribution < 1.29 is 14.6 Å². The van der Waals surface area contributed by atoms with Gasteiger partial charge in [-0.2, -0.15) is 0 Å². The van der Waals surface area contributed by atoms with Crippen molar-refractivity contribution in [2.24, 2.45) is 0 Å². The second-order valence-corrected chi connectivity index (χ2v) is 4.94. The van der Waals surface area contributed by atoms with Crippen LogP contribution in [0.25, 0.3) is 0 Å². The molecule has 0 aliphatic heterocycles. The van der Waals surface area contributed by atoms with Gasteiger partial charge < -0.3 is 15.2 Å². The Morgan fingerprint density at radius 3 is 2.83 bits per heavy atom. The van der Waals surface area contributed by atoms with Gasteiger partial charge in [-0.25, -0.2) is 0 Å². The van der Waals surface area contributed by atoms with E-state index in [4.69, 9.17) is 9.84 Å². The van der Waals surface area contributed by atoms with E-state index in [-0.39, 0.29) is 18.6 Å². The van der Waals surface area contributed by atoms with Gasteiger partial charge in [-0.3, -0.25) is 4.79 Å². The van der Waals surface area contributed by atoms with E-state index in [0.717, 1.165) is 6.42 Å². The second-order valence-electron chi connectivity index (χ2n) is 4.09. The molecule has 4 nitrogen and oxygen atoms in total. The van der Waals surface area contributed by atoms with Gasteiger partial charge in [-0.15, -0.1) is 0 Å². The Kier molecular flexibility index (Phi) is 6.15. The number of benzene rings is 1. The van der Waals surface area contributed by atoms with E-state index in [1.807, 2.05) is 6.92 Å². The van der Waals surface area contributed by atoms with E-state index < -0.39 is 0 Å². The van der Waals surface area contributed by atoms with Crippen LogP contribution >= 0.6 is 15.9 Å². The highest BCUT2D eigenvalue weighted by Gasteiger charge is 2.13. The summed E-state index contributed by atoms with van der Waals surface area (Å²) in [5.74, 6) is 0.571. The molecule has 0 aromatic heterocycles. The Hall–Kier alpha value is -1.07. The van der Waals surface area contributed by atoms with Gasteiger partial charge in [0.1, 0.15) is 5.75 Å². The Labute approximate surface area is 115 Å². The first-order chi connectivity index (χ1) is 8.58. The molecular weight excluding hydrogens is 298 g/mol. The van der Waals surface area contributed by atoms with Crippen LogP contribution in [-0.2, 0) is 0 Å². The van der Waals surface area contributed by atoms with E-state index >= 15 is 0 Å². The van der Waals surface area contributed by atoms with E-state index in [1.165, 1.54) is 0 Å². The lowest BCUT2D eigenvalue weighted by Gasteiger charge is -2.14. The summed E-state index contributed by atoms with van der Waals surface area (Å²) in [5, 5.41) is 11.6. The van der Waals surface area contributed by atoms with Crippen LogP contribution in [0.5, 0.6) is 5.75 Å². The van der Waals surface area contributed by atoms with Crippen molar-refractivity contribution >= 4 is 21.8 Å². The van der Waals surface area contributed by atoms with Crippen molar-refractivity contribution in [2.75, 3.05) is 13.7 Å². The van der Waals surface area contributed by atoms with Crippen LogP contribution in [0.2, 0.25) is 0 Å². The minimum absolute atomic E-state index is 0.0404. The van der Waals surface area contributed by atoms with Crippen molar-refractivity contribution in [1.82, 2.24) is 5.32 Å². The lowest BCUT2D eigenvalue weighted by Crippen LogP contribution is -2.32. The molecule has 0 fully saturated rings. The molecule has 0 spiro atoms. The molecule has 1 aromatic rings. The number of aliphatic hydroxyl groups is 1. The fourth-order valence-corrected chi connectivity index (χ4v) is 2.12. The van der Waals surface area contributed by atoms with Crippen LogP contribution in [-0.4, -0.2) is 30.8 Å². The van der Waals surface area contributed by atoms with Gasteiger partial charge in [0.25, 0.3) is 5.91 Å². The molecule has 1 aromatic carbocycles. The topological polar surface area (TPSA) is 58.6 Å². The molecule has 1 atom stereocenters. The van der Waals surface area contributed by atoms with Crippen molar-refractivity contribution in [1.29, 1.82) is 0 Å². The fourth-order valence-electron chi connectivity index (χ4n) is 1.58. The largest absolute Gasteiger partial charge is 0.497 e. The molecule has 0 aliphatic rings. The van der Waals surface area contributed by atoms with Crippen LogP contribution in [0.1, 0.15) is 30.1 Å². The summed E-state index contributed by atoms with van der Waals surface area (Å²) in [4.78, 5) is 12.0. The minimum atomic E-state index is -0.130. The second kappa shape index (κ2) is 7.38. The first-order valence-electron chi connectivity index (χ1n) is 5.83. The van der Waals surface area contributed by atoms with Crippen LogP contribution in [0.4, 0.5) is 0 Å². The SMILES string of the molecule is COc1ccc(C(=O)NC(C)CCCO)c(Br)c1. The number of carbonyl (C=O) groups excluding carboxylic acids is 1. The molecule has 1 amide bonds. The van der Waals surface area contributed by atoms with E-state index in [1.54, 1.807) is 25.3 Å². The molecule has 5 heteroatoms. The van der Waals surface area contributed by atoms with Gasteiger partial charge in [0.05, 0.1) is 12.7 Å². The maximum absolute atomic E-state index is 12.0. The van der Waals surface area contributed by atoms with Gasteiger partial charge in [0, 0.05) is 17.1 Å². The average Bonchev–Trinajstić information content (AvgIpc) is 2.35. The zero-order valence-corrected chi connectivity index (χ0v) is 12.2. The standard InChI is InChI=1S/C13H18BrNO3/c1-9(4-3-7-16)15-13(17)11-6-5-10(18-2)8-12(11)14/h5-6,8-9,16H,3-4,7H2,1-2H3,(H,15,17). The van der Waals surface area contributed by atoms with Crippen LogP contribution in [0.3, 0.4) is 0 Å². The zero-order valence-electron chi connectivity index (χ0n) is 10.6. The third-order valence-corrected chi connectivity index (χ3v) is 3.25. The van der Waals surface area contributed by atoms with Crippen molar-refractivity contribution in [3.05, 3.63) is 28.2 Å². The monoisotopic (exact) mass is 315 g/mol. The summed E-state index contributed by atoms with van der Waals surface area (Å²) in [5.41, 5.74) is 0.576. The van der Waals surface area contributed by atoms with Crippen LogP contribution in [0.15, 0.2) is 22.7 Å². The Bertz CT molecular complexity index is 409. The number of amides is 1. The van der Waals surface area contributed by atoms with Crippen molar-refractivity contribution in [2.45, 2.75) is 25.8 Å². The lowest BCUT2D eigenvalue weighted by molar-refractivity contribution is 0.0935. The number of halogens is 1. The summed E-state index contributed by atoms with van der Waals surface area (Å²) in [6.45, 7) is 2.07. The first kappa shape index (κ1) is 15.0. The molecule has 100 valence electrons. The number of ether oxygens (including phenoxy) is 1. The fraction of sp³-hybridized carbons (Fsp3) is 0.462. The first-order valence-corrected chi connectivity index (χ1v) is 6.63. The van der Waals surface area contributed by atoms with Crippen molar-refractivity contribution in [3.8, 4) is 5.75 Å². The third kappa shape index (κ3) is 4.31. The normalized spacial score (nSPS) is 12.0. The Morgan fingerprint density at radius 1 is 1.56 bits per heavy atom. The van der Waals surface area contributed by atoms with E-state index in [0.29, 0.717) is 22.2 Å². The average molecular weight is 316 g/mol. The molecule has 2 N–H and O–H groups in total. The Morgan fingerprint density at radius 2 is 2.28 bits per heavy atom. The number of hydrogen-bond acceptors (Lipinski definition) is 3. The summed E-state index contributed by atoms with van der Waals surface area (Å²) < 4.78 is 5.78. The highest BCUT2D eigenvalue weighted by atomic mass is 79.9. The predicted molar refractivity (Wildman–Crippen MR) is 73.9 cm³/mol. The Balaban J connectivity index is 2.66. The highest BCUT2D eigenvalue weighted by molar-refractivity contribution is 9.10. The maximum Gasteiger partial charge on any atom is 0.252 e. The number of hydrogen-bond donors (Lipinski definition) is 2. The zero-order chi connectivity index (χ0) is 13.5. The number of methoxy groups -OCH3 is 1. The number of rotatable bonds is 6. The number of carbonyl (C=O) groups is 1. The molecule has 0 aliphatic carbocycles. The molecule has 0 heterocycles. The molecule has 0 bridgehead atoms. The molecular formula is C13H18BrNO3. The number of nitrogens with one attached hydrogen (secondary N) is 1. The summed E-state index contributed by atoms with van der Waals surface area (Å²) in [6.07, 6.45) is 1.45. The molecule has 18 heavy (non-hydrogen) atoms. The number of aliphatic hydroxyl groups excluding tert-OH is 1. The minimum Gasteiger partial charge on any atom is -0.497 e. The van der Waals surface area contributed by atoms with Gasteiger partial charge in [0.2, 0.25) is 0 Å². The van der Waals surface area contributed by atoms with E-state index in [9.17, 15) is 4.79 Å². The summed E-state index contributed by atoms with van der Waals surface area (Å²) in [7, 11) is 1.58. The van der Waals surface area contributed by atoms with Gasteiger partial charge in [-0.05, 0) is 53.9 Å². The quantitative estimate of drug-likeness (QED) is 0.847. The van der Waals surface area contributed by atoms with Crippen LogP contribution < -0.4 is 10.1 Å². The molecule has 0 saturated carbocycles. The molecule has 0 saturated heterocycles. The van der Waals surface area contributed by atoms with Gasteiger partial charge >= 0.3 is 0 Å². The maximum atomic E-state index is 12.0. The van der Waals surface area contributed by atoms with Crippen LogP contribution in [0, 0.1) is 0 Å². The summed E-state index contributed by atoms with van der Waals surface area (Å²) in [6, 6.07) is 5.27.